The lowest BCUT2D eigenvalue weighted by Crippen LogP contribution is -2.45. The normalized spacial score (nSPS) is 19.2. The van der Waals surface area contributed by atoms with E-state index in [4.69, 9.17) is 4.74 Å². The molecule has 1 aromatic carbocycles. The number of methoxy groups -OCH3 is 1. The van der Waals surface area contributed by atoms with Gasteiger partial charge in [-0.05, 0) is 39.3 Å². The maximum atomic E-state index is 14.3. The summed E-state index contributed by atoms with van der Waals surface area (Å²) in [6, 6.07) is 6.28. The molecule has 1 aromatic rings. The van der Waals surface area contributed by atoms with Gasteiger partial charge in [0.15, 0.2) is 11.6 Å². The maximum Gasteiger partial charge on any atom is 0.169 e. The van der Waals surface area contributed by atoms with Gasteiger partial charge < -0.3 is 10.1 Å². The minimum absolute atomic E-state index is 0.234. The molecule has 1 atom stereocenters. The number of hydrogen-bond acceptors (Lipinski definition) is 3. The number of halogens is 1. The van der Waals surface area contributed by atoms with Gasteiger partial charge in [0.05, 0.1) is 7.11 Å². The third-order valence-corrected chi connectivity index (χ3v) is 4.23. The molecule has 1 aliphatic rings. The van der Waals surface area contributed by atoms with Crippen LogP contribution in [-0.4, -0.2) is 37.2 Å². The van der Waals surface area contributed by atoms with E-state index in [0.29, 0.717) is 29.9 Å². The van der Waals surface area contributed by atoms with E-state index >= 15 is 0 Å². The Labute approximate surface area is 127 Å². The molecule has 0 radical (unpaired) electrons. The van der Waals surface area contributed by atoms with E-state index in [-0.39, 0.29) is 5.82 Å². The van der Waals surface area contributed by atoms with Crippen LogP contribution < -0.4 is 10.1 Å². The van der Waals surface area contributed by atoms with Gasteiger partial charge in [-0.1, -0.05) is 18.6 Å². The molecular weight excluding hydrogens is 267 g/mol. The number of benzene rings is 1. The summed E-state index contributed by atoms with van der Waals surface area (Å²) in [6.45, 7) is 7.03. The number of hydrogen-bond donors (Lipinski definition) is 1. The minimum Gasteiger partial charge on any atom is -0.494 e. The van der Waals surface area contributed by atoms with Gasteiger partial charge in [0, 0.05) is 30.7 Å². The van der Waals surface area contributed by atoms with Gasteiger partial charge in [0.1, 0.15) is 0 Å². The van der Waals surface area contributed by atoms with Gasteiger partial charge in [-0.3, -0.25) is 4.90 Å². The molecule has 1 saturated heterocycles. The van der Waals surface area contributed by atoms with Crippen LogP contribution in [0.5, 0.6) is 5.75 Å². The van der Waals surface area contributed by atoms with Gasteiger partial charge in [-0.25, -0.2) is 4.39 Å². The third kappa shape index (κ3) is 4.42. The van der Waals surface area contributed by atoms with E-state index < -0.39 is 0 Å². The van der Waals surface area contributed by atoms with Crippen molar-refractivity contribution in [2.75, 3.05) is 20.2 Å². The zero-order chi connectivity index (χ0) is 15.2. The molecule has 1 aliphatic heterocycles. The summed E-state index contributed by atoms with van der Waals surface area (Å²) in [5.41, 5.74) is 0.707. The SMILES string of the molecule is COc1cccc(CN(CC2CCCCN2)C(C)C)c1F. The van der Waals surface area contributed by atoms with Crippen molar-refractivity contribution >= 4 is 0 Å². The second-order valence-corrected chi connectivity index (χ2v) is 6.10. The quantitative estimate of drug-likeness (QED) is 0.872. The van der Waals surface area contributed by atoms with Crippen LogP contribution in [0.15, 0.2) is 18.2 Å². The van der Waals surface area contributed by atoms with Crippen molar-refractivity contribution in [1.29, 1.82) is 0 Å². The number of nitrogens with zero attached hydrogens (tertiary/aromatic N) is 1. The Hall–Kier alpha value is -1.13. The summed E-state index contributed by atoms with van der Waals surface area (Å²) < 4.78 is 19.4. The average Bonchev–Trinajstić information content (AvgIpc) is 2.49. The van der Waals surface area contributed by atoms with Crippen molar-refractivity contribution in [1.82, 2.24) is 10.2 Å². The zero-order valence-electron chi connectivity index (χ0n) is 13.4. The van der Waals surface area contributed by atoms with E-state index in [9.17, 15) is 4.39 Å². The lowest BCUT2D eigenvalue weighted by atomic mass is 10.0. The van der Waals surface area contributed by atoms with Crippen LogP contribution in [0, 0.1) is 5.82 Å². The van der Waals surface area contributed by atoms with E-state index in [1.165, 1.54) is 26.4 Å². The molecule has 118 valence electrons. The number of rotatable bonds is 6. The highest BCUT2D eigenvalue weighted by Gasteiger charge is 2.20. The third-order valence-electron chi connectivity index (χ3n) is 4.23. The van der Waals surface area contributed by atoms with Crippen molar-refractivity contribution in [3.8, 4) is 5.75 Å². The van der Waals surface area contributed by atoms with E-state index in [1.54, 1.807) is 6.07 Å². The smallest absolute Gasteiger partial charge is 0.169 e. The molecule has 0 amide bonds. The Bertz CT molecular complexity index is 444. The zero-order valence-corrected chi connectivity index (χ0v) is 13.4. The highest BCUT2D eigenvalue weighted by molar-refractivity contribution is 5.31. The number of piperidine rings is 1. The molecule has 0 aliphatic carbocycles. The first kappa shape index (κ1) is 16.2. The summed E-state index contributed by atoms with van der Waals surface area (Å²) in [6.07, 6.45) is 3.77. The van der Waals surface area contributed by atoms with Crippen LogP contribution in [0.2, 0.25) is 0 Å². The molecule has 21 heavy (non-hydrogen) atoms. The van der Waals surface area contributed by atoms with Crippen molar-refractivity contribution in [2.45, 2.75) is 51.7 Å². The Morgan fingerprint density at radius 2 is 2.19 bits per heavy atom. The molecule has 1 fully saturated rings. The van der Waals surface area contributed by atoms with Crippen LogP contribution >= 0.6 is 0 Å². The lowest BCUT2D eigenvalue weighted by Gasteiger charge is -2.33. The average molecular weight is 294 g/mol. The van der Waals surface area contributed by atoms with E-state index in [2.05, 4.69) is 24.1 Å². The van der Waals surface area contributed by atoms with Crippen molar-refractivity contribution in [2.24, 2.45) is 0 Å². The van der Waals surface area contributed by atoms with Crippen LogP contribution in [0.4, 0.5) is 4.39 Å². The topological polar surface area (TPSA) is 24.5 Å². The van der Waals surface area contributed by atoms with Gasteiger partial charge in [-0.2, -0.15) is 0 Å². The molecule has 1 heterocycles. The Kier molecular flexibility index (Phi) is 6.00. The molecule has 1 unspecified atom stereocenters. The highest BCUT2D eigenvalue weighted by Crippen LogP contribution is 2.22. The summed E-state index contributed by atoms with van der Waals surface area (Å²) in [4.78, 5) is 2.33. The maximum absolute atomic E-state index is 14.3. The standard InChI is InChI=1S/C17H27FN2O/c1-13(2)20(12-15-8-4-5-10-19-15)11-14-7-6-9-16(21-3)17(14)18/h6-7,9,13,15,19H,4-5,8,10-12H2,1-3H3. The minimum atomic E-state index is -0.234. The molecule has 1 N–H and O–H groups in total. The molecule has 0 spiro atoms. The summed E-state index contributed by atoms with van der Waals surface area (Å²) in [5, 5.41) is 3.57. The monoisotopic (exact) mass is 294 g/mol. The van der Waals surface area contributed by atoms with E-state index in [0.717, 1.165) is 13.1 Å². The van der Waals surface area contributed by atoms with Gasteiger partial charge in [-0.15, -0.1) is 0 Å². The summed E-state index contributed by atoms with van der Waals surface area (Å²) in [5.74, 6) is 0.0919. The van der Waals surface area contributed by atoms with E-state index in [1.807, 2.05) is 12.1 Å². The van der Waals surface area contributed by atoms with Gasteiger partial charge in [0.25, 0.3) is 0 Å². The van der Waals surface area contributed by atoms with Gasteiger partial charge in [0.2, 0.25) is 0 Å². The van der Waals surface area contributed by atoms with Crippen LogP contribution in [0.1, 0.15) is 38.7 Å². The number of ether oxygens (including phenoxy) is 1. The predicted molar refractivity (Wildman–Crippen MR) is 84.1 cm³/mol. The summed E-state index contributed by atoms with van der Waals surface area (Å²) in [7, 11) is 1.51. The Morgan fingerprint density at radius 3 is 2.81 bits per heavy atom. The van der Waals surface area contributed by atoms with Gasteiger partial charge >= 0.3 is 0 Å². The van der Waals surface area contributed by atoms with Crippen LogP contribution in [-0.2, 0) is 6.54 Å². The molecular formula is C17H27FN2O. The van der Waals surface area contributed by atoms with Crippen molar-refractivity contribution in [3.05, 3.63) is 29.6 Å². The second kappa shape index (κ2) is 7.76. The molecule has 4 heteroatoms. The Morgan fingerprint density at radius 1 is 1.38 bits per heavy atom. The van der Waals surface area contributed by atoms with Crippen molar-refractivity contribution in [3.63, 3.8) is 0 Å². The van der Waals surface area contributed by atoms with Crippen LogP contribution in [0.25, 0.3) is 0 Å². The first-order chi connectivity index (χ1) is 10.1. The summed E-state index contributed by atoms with van der Waals surface area (Å²) >= 11 is 0. The van der Waals surface area contributed by atoms with Crippen molar-refractivity contribution < 1.29 is 9.13 Å². The first-order valence-corrected chi connectivity index (χ1v) is 7.90. The van der Waals surface area contributed by atoms with Crippen LogP contribution in [0.3, 0.4) is 0 Å². The molecule has 0 aromatic heterocycles. The molecule has 0 saturated carbocycles. The fraction of sp³-hybridized carbons (Fsp3) is 0.647. The fourth-order valence-corrected chi connectivity index (χ4v) is 2.88. The first-order valence-electron chi connectivity index (χ1n) is 7.90. The largest absolute Gasteiger partial charge is 0.494 e. The lowest BCUT2D eigenvalue weighted by molar-refractivity contribution is 0.175. The second-order valence-electron chi connectivity index (χ2n) is 6.10. The molecule has 2 rings (SSSR count). The predicted octanol–water partition coefficient (Wildman–Crippen LogP) is 3.19. The number of nitrogens with one attached hydrogen (secondary N) is 1. The fourth-order valence-electron chi connectivity index (χ4n) is 2.88. The molecule has 3 nitrogen and oxygen atoms in total. The highest BCUT2D eigenvalue weighted by atomic mass is 19.1. The molecule has 0 bridgehead atoms. The Balaban J connectivity index is 2.05.